The molecule has 0 fully saturated rings. The van der Waals surface area contributed by atoms with E-state index < -0.39 is 5.91 Å². The number of amides is 2. The number of primary amides is 1. The van der Waals surface area contributed by atoms with E-state index in [1.54, 1.807) is 13.0 Å². The van der Waals surface area contributed by atoms with Crippen LogP contribution >= 0.6 is 15.9 Å². The van der Waals surface area contributed by atoms with E-state index in [1.165, 1.54) is 6.08 Å². The SMILES string of the molecule is CC(=CC(N)=O)NNC(=O)COc1ccc2ccccc2c1Br. The molecule has 0 aromatic heterocycles. The number of allylic oxidation sites excluding steroid dienone is 1. The normalized spacial score (nSPS) is 11.1. The van der Waals surface area contributed by atoms with E-state index in [0.717, 1.165) is 15.2 Å². The lowest BCUT2D eigenvalue weighted by molar-refractivity contribution is -0.124. The number of nitrogens with two attached hydrogens (primary N) is 1. The standard InChI is InChI=1S/C16H16BrN3O3/c1-10(8-14(18)21)19-20-15(22)9-23-13-7-6-11-4-2-3-5-12(11)16(13)17/h2-8,19H,9H2,1H3,(H2,18,21)(H,20,22). The predicted octanol–water partition coefficient (Wildman–Crippen LogP) is 1.99. The van der Waals surface area contributed by atoms with Crippen molar-refractivity contribution in [2.24, 2.45) is 5.73 Å². The highest BCUT2D eigenvalue weighted by molar-refractivity contribution is 9.10. The number of carbonyl (C=O) groups excluding carboxylic acids is 2. The van der Waals surface area contributed by atoms with Crippen molar-refractivity contribution in [1.82, 2.24) is 10.9 Å². The Morgan fingerprint density at radius 1 is 1.22 bits per heavy atom. The third-order valence-corrected chi connectivity index (χ3v) is 3.76. The first-order valence-corrected chi connectivity index (χ1v) is 7.59. The van der Waals surface area contributed by atoms with Crippen molar-refractivity contribution in [2.45, 2.75) is 6.92 Å². The van der Waals surface area contributed by atoms with Gasteiger partial charge < -0.3 is 15.9 Å². The summed E-state index contributed by atoms with van der Waals surface area (Å²) >= 11 is 3.49. The Labute approximate surface area is 141 Å². The van der Waals surface area contributed by atoms with Gasteiger partial charge in [0, 0.05) is 11.8 Å². The summed E-state index contributed by atoms with van der Waals surface area (Å²) in [6.45, 7) is 1.43. The zero-order chi connectivity index (χ0) is 16.8. The molecule has 0 aliphatic rings. The van der Waals surface area contributed by atoms with Gasteiger partial charge in [0.2, 0.25) is 5.91 Å². The average molecular weight is 378 g/mol. The summed E-state index contributed by atoms with van der Waals surface area (Å²) in [6.07, 6.45) is 1.17. The van der Waals surface area contributed by atoms with Gasteiger partial charge in [-0.1, -0.05) is 30.3 Å². The van der Waals surface area contributed by atoms with E-state index in [1.807, 2.05) is 30.3 Å². The molecule has 0 spiro atoms. The highest BCUT2D eigenvalue weighted by Crippen LogP contribution is 2.32. The molecular formula is C16H16BrN3O3. The van der Waals surface area contributed by atoms with Gasteiger partial charge in [0.1, 0.15) is 5.75 Å². The van der Waals surface area contributed by atoms with Crippen molar-refractivity contribution in [1.29, 1.82) is 0 Å². The summed E-state index contributed by atoms with van der Waals surface area (Å²) < 4.78 is 6.30. The summed E-state index contributed by atoms with van der Waals surface area (Å²) in [4.78, 5) is 22.4. The third-order valence-electron chi connectivity index (χ3n) is 2.94. The largest absolute Gasteiger partial charge is 0.483 e. The van der Waals surface area contributed by atoms with Crippen LogP contribution in [-0.4, -0.2) is 18.4 Å². The Bertz CT molecular complexity index is 774. The number of halogens is 1. The minimum atomic E-state index is -0.597. The molecule has 2 amide bonds. The first-order valence-electron chi connectivity index (χ1n) is 6.80. The maximum Gasteiger partial charge on any atom is 0.276 e. The second-order valence-electron chi connectivity index (χ2n) is 4.79. The molecule has 6 nitrogen and oxygen atoms in total. The first kappa shape index (κ1) is 16.8. The van der Waals surface area contributed by atoms with Crippen molar-refractivity contribution < 1.29 is 14.3 Å². The highest BCUT2D eigenvalue weighted by Gasteiger charge is 2.08. The van der Waals surface area contributed by atoms with E-state index in [0.29, 0.717) is 11.4 Å². The number of hydrogen-bond acceptors (Lipinski definition) is 4. The molecule has 0 aliphatic carbocycles. The minimum Gasteiger partial charge on any atom is -0.483 e. The number of fused-ring (bicyclic) bond motifs is 1. The van der Waals surface area contributed by atoms with Gasteiger partial charge in [-0.15, -0.1) is 0 Å². The smallest absolute Gasteiger partial charge is 0.276 e. The molecule has 2 rings (SSSR count). The van der Waals surface area contributed by atoms with Crippen molar-refractivity contribution in [3.05, 3.63) is 52.6 Å². The molecule has 23 heavy (non-hydrogen) atoms. The van der Waals surface area contributed by atoms with Gasteiger partial charge >= 0.3 is 0 Å². The zero-order valence-corrected chi connectivity index (χ0v) is 14.0. The number of hydrogen-bond donors (Lipinski definition) is 3. The molecule has 2 aromatic carbocycles. The average Bonchev–Trinajstić information content (AvgIpc) is 2.52. The van der Waals surface area contributed by atoms with Crippen LogP contribution in [0.2, 0.25) is 0 Å². The lowest BCUT2D eigenvalue weighted by Gasteiger charge is -2.11. The number of benzene rings is 2. The molecule has 4 N–H and O–H groups in total. The maximum absolute atomic E-state index is 11.7. The van der Waals surface area contributed by atoms with E-state index in [-0.39, 0.29) is 12.5 Å². The number of nitrogens with one attached hydrogen (secondary N) is 2. The number of ether oxygens (including phenoxy) is 1. The van der Waals surface area contributed by atoms with Crippen LogP contribution in [0.5, 0.6) is 5.75 Å². The fraction of sp³-hybridized carbons (Fsp3) is 0.125. The Morgan fingerprint density at radius 2 is 1.96 bits per heavy atom. The van der Waals surface area contributed by atoms with Gasteiger partial charge in [-0.3, -0.25) is 15.0 Å². The van der Waals surface area contributed by atoms with E-state index in [2.05, 4.69) is 26.8 Å². The van der Waals surface area contributed by atoms with Gasteiger partial charge in [0.05, 0.1) is 4.47 Å². The van der Waals surface area contributed by atoms with Gasteiger partial charge in [-0.2, -0.15) is 0 Å². The Balaban J connectivity index is 1.94. The molecule has 0 radical (unpaired) electrons. The maximum atomic E-state index is 11.7. The van der Waals surface area contributed by atoms with Crippen molar-refractivity contribution in [2.75, 3.05) is 6.61 Å². The lowest BCUT2D eigenvalue weighted by atomic mass is 10.1. The summed E-state index contributed by atoms with van der Waals surface area (Å²) in [7, 11) is 0. The fourth-order valence-corrected chi connectivity index (χ4v) is 2.53. The number of rotatable bonds is 6. The van der Waals surface area contributed by atoms with Crippen molar-refractivity contribution >= 4 is 38.5 Å². The molecule has 2 aromatic rings. The molecule has 0 heterocycles. The third kappa shape index (κ3) is 4.72. The zero-order valence-electron chi connectivity index (χ0n) is 12.4. The van der Waals surface area contributed by atoms with Crippen LogP contribution in [0.25, 0.3) is 10.8 Å². The Hall–Kier alpha value is -2.54. The van der Waals surface area contributed by atoms with Crippen LogP contribution in [0.1, 0.15) is 6.92 Å². The molecule has 0 saturated carbocycles. The summed E-state index contributed by atoms with van der Waals surface area (Å²) in [5.41, 5.74) is 10.4. The molecule has 0 bridgehead atoms. The van der Waals surface area contributed by atoms with Gasteiger partial charge in [0.25, 0.3) is 5.91 Å². The van der Waals surface area contributed by atoms with Crippen LogP contribution in [0.3, 0.4) is 0 Å². The number of hydrazine groups is 1. The van der Waals surface area contributed by atoms with Crippen LogP contribution in [0, 0.1) is 0 Å². The topological polar surface area (TPSA) is 93.5 Å². The molecule has 120 valence electrons. The minimum absolute atomic E-state index is 0.173. The van der Waals surface area contributed by atoms with Crippen molar-refractivity contribution in [3.8, 4) is 5.75 Å². The molecule has 0 atom stereocenters. The quantitative estimate of drug-likeness (QED) is 0.530. The predicted molar refractivity (Wildman–Crippen MR) is 91.4 cm³/mol. The Kier molecular flexibility index (Phi) is 5.59. The number of carbonyl (C=O) groups is 2. The monoisotopic (exact) mass is 377 g/mol. The lowest BCUT2D eigenvalue weighted by Crippen LogP contribution is -2.39. The van der Waals surface area contributed by atoms with Gasteiger partial charge in [-0.05, 0) is 39.7 Å². The van der Waals surface area contributed by atoms with Crippen molar-refractivity contribution in [3.63, 3.8) is 0 Å². The van der Waals surface area contributed by atoms with Gasteiger partial charge in [0.15, 0.2) is 6.61 Å². The molecule has 7 heteroatoms. The molecular weight excluding hydrogens is 362 g/mol. The second kappa shape index (κ2) is 7.64. The Morgan fingerprint density at radius 3 is 2.70 bits per heavy atom. The van der Waals surface area contributed by atoms with Crippen LogP contribution in [0.15, 0.2) is 52.6 Å². The first-order chi connectivity index (χ1) is 11.0. The van der Waals surface area contributed by atoms with E-state index in [9.17, 15) is 9.59 Å². The van der Waals surface area contributed by atoms with Gasteiger partial charge in [-0.25, -0.2) is 0 Å². The molecule has 0 aliphatic heterocycles. The molecule has 0 unspecified atom stereocenters. The van der Waals surface area contributed by atoms with E-state index in [4.69, 9.17) is 10.5 Å². The van der Waals surface area contributed by atoms with E-state index >= 15 is 0 Å². The summed E-state index contributed by atoms with van der Waals surface area (Å²) in [6, 6.07) is 11.6. The van der Waals surface area contributed by atoms with Crippen LogP contribution in [-0.2, 0) is 9.59 Å². The second-order valence-corrected chi connectivity index (χ2v) is 5.58. The fourth-order valence-electron chi connectivity index (χ4n) is 1.92. The summed E-state index contributed by atoms with van der Waals surface area (Å²) in [5, 5.41) is 2.08. The summed E-state index contributed by atoms with van der Waals surface area (Å²) in [5.74, 6) is -0.411. The highest BCUT2D eigenvalue weighted by atomic mass is 79.9. The molecule has 0 saturated heterocycles. The van der Waals surface area contributed by atoms with Crippen LogP contribution in [0.4, 0.5) is 0 Å². The van der Waals surface area contributed by atoms with Crippen LogP contribution < -0.4 is 21.3 Å².